The fourth-order valence-corrected chi connectivity index (χ4v) is 2.97. The van der Waals surface area contributed by atoms with Gasteiger partial charge in [0.15, 0.2) is 0 Å². The fraction of sp³-hybridized carbons (Fsp3) is 0.143. The second kappa shape index (κ2) is 6.23. The van der Waals surface area contributed by atoms with Crippen molar-refractivity contribution in [2.75, 3.05) is 7.05 Å². The molecular formula is C14H11BrCl2FN. The molecule has 1 atom stereocenters. The first-order valence-electron chi connectivity index (χ1n) is 5.60. The SMILES string of the molecule is CNC(c1ccc(Cl)cc1Cl)c1cccc(F)c1Br. The Morgan fingerprint density at radius 1 is 1.16 bits per heavy atom. The van der Waals surface area contributed by atoms with E-state index in [9.17, 15) is 4.39 Å². The molecule has 19 heavy (non-hydrogen) atoms. The lowest BCUT2D eigenvalue weighted by Gasteiger charge is -2.20. The normalized spacial score (nSPS) is 12.5. The highest BCUT2D eigenvalue weighted by atomic mass is 79.9. The summed E-state index contributed by atoms with van der Waals surface area (Å²) >= 11 is 15.4. The topological polar surface area (TPSA) is 12.0 Å². The Labute approximate surface area is 129 Å². The second-order valence-electron chi connectivity index (χ2n) is 4.03. The third-order valence-corrected chi connectivity index (χ3v) is 4.25. The molecule has 0 aromatic heterocycles. The summed E-state index contributed by atoms with van der Waals surface area (Å²) in [6.07, 6.45) is 0. The molecule has 0 heterocycles. The maximum atomic E-state index is 13.6. The molecule has 0 amide bonds. The molecule has 2 aromatic rings. The fourth-order valence-electron chi connectivity index (χ4n) is 1.96. The predicted molar refractivity (Wildman–Crippen MR) is 81.5 cm³/mol. The highest BCUT2D eigenvalue weighted by molar-refractivity contribution is 9.10. The Balaban J connectivity index is 2.53. The summed E-state index contributed by atoms with van der Waals surface area (Å²) in [5.41, 5.74) is 1.63. The van der Waals surface area contributed by atoms with E-state index in [2.05, 4.69) is 21.2 Å². The molecule has 0 aliphatic heterocycles. The first-order valence-corrected chi connectivity index (χ1v) is 7.15. The minimum absolute atomic E-state index is 0.213. The van der Waals surface area contributed by atoms with Crippen molar-refractivity contribution in [3.63, 3.8) is 0 Å². The summed E-state index contributed by atoms with van der Waals surface area (Å²) < 4.78 is 14.1. The van der Waals surface area contributed by atoms with Crippen LogP contribution < -0.4 is 5.32 Å². The summed E-state index contributed by atoms with van der Waals surface area (Å²) in [4.78, 5) is 0. The van der Waals surface area contributed by atoms with Gasteiger partial charge in [-0.25, -0.2) is 4.39 Å². The quantitative estimate of drug-likeness (QED) is 0.790. The molecule has 0 saturated heterocycles. The summed E-state index contributed by atoms with van der Waals surface area (Å²) in [5, 5.41) is 4.25. The molecule has 2 rings (SSSR count). The average Bonchev–Trinajstić information content (AvgIpc) is 2.37. The average molecular weight is 363 g/mol. The highest BCUT2D eigenvalue weighted by Crippen LogP contribution is 2.34. The molecule has 0 fully saturated rings. The molecule has 2 aromatic carbocycles. The predicted octanol–water partition coefficient (Wildman–Crippen LogP) is 5.20. The van der Waals surface area contributed by atoms with Crippen LogP contribution in [0.4, 0.5) is 4.39 Å². The molecule has 0 aliphatic rings. The van der Waals surface area contributed by atoms with Crippen molar-refractivity contribution in [1.29, 1.82) is 0 Å². The van der Waals surface area contributed by atoms with Gasteiger partial charge in [-0.1, -0.05) is 41.4 Å². The van der Waals surface area contributed by atoms with Gasteiger partial charge in [0, 0.05) is 10.0 Å². The Morgan fingerprint density at radius 3 is 2.53 bits per heavy atom. The highest BCUT2D eigenvalue weighted by Gasteiger charge is 2.19. The van der Waals surface area contributed by atoms with Crippen molar-refractivity contribution in [1.82, 2.24) is 5.32 Å². The van der Waals surface area contributed by atoms with E-state index >= 15 is 0 Å². The Morgan fingerprint density at radius 2 is 1.89 bits per heavy atom. The van der Waals surface area contributed by atoms with Crippen LogP contribution in [0.1, 0.15) is 17.2 Å². The van der Waals surface area contributed by atoms with Gasteiger partial charge in [0.05, 0.1) is 10.5 Å². The van der Waals surface area contributed by atoms with E-state index in [1.807, 2.05) is 12.1 Å². The van der Waals surface area contributed by atoms with Crippen molar-refractivity contribution >= 4 is 39.1 Å². The van der Waals surface area contributed by atoms with Crippen LogP contribution in [0.25, 0.3) is 0 Å². The molecule has 1 unspecified atom stereocenters. The Bertz CT molecular complexity index is 604. The number of benzene rings is 2. The third kappa shape index (κ3) is 3.11. The third-order valence-electron chi connectivity index (χ3n) is 2.85. The zero-order chi connectivity index (χ0) is 14.0. The molecule has 0 radical (unpaired) electrons. The van der Waals surface area contributed by atoms with Gasteiger partial charge in [-0.3, -0.25) is 0 Å². The lowest BCUT2D eigenvalue weighted by molar-refractivity contribution is 0.608. The maximum absolute atomic E-state index is 13.6. The molecule has 0 aliphatic carbocycles. The second-order valence-corrected chi connectivity index (χ2v) is 5.67. The standard InChI is InChI=1S/C14H11BrCl2FN/c1-19-14(9-6-5-8(16)7-11(9)17)10-3-2-4-12(18)13(10)15/h2-7,14,19H,1H3. The Hall–Kier alpha value is -0.610. The first-order chi connectivity index (χ1) is 9.04. The molecule has 1 nitrogen and oxygen atoms in total. The van der Waals surface area contributed by atoms with Crippen LogP contribution in [0.3, 0.4) is 0 Å². The van der Waals surface area contributed by atoms with Gasteiger partial charge in [0.2, 0.25) is 0 Å². The number of rotatable bonds is 3. The minimum Gasteiger partial charge on any atom is -0.309 e. The van der Waals surface area contributed by atoms with Gasteiger partial charge in [0.25, 0.3) is 0 Å². The van der Waals surface area contributed by atoms with E-state index in [0.717, 1.165) is 11.1 Å². The molecule has 0 spiro atoms. The summed E-state index contributed by atoms with van der Waals surface area (Å²) in [6.45, 7) is 0. The zero-order valence-corrected chi connectivity index (χ0v) is 13.2. The van der Waals surface area contributed by atoms with Gasteiger partial charge in [-0.15, -0.1) is 0 Å². The van der Waals surface area contributed by atoms with Crippen LogP contribution in [0.15, 0.2) is 40.9 Å². The summed E-state index contributed by atoms with van der Waals surface area (Å²) in [6, 6.07) is 9.99. The van der Waals surface area contributed by atoms with Crippen LogP contribution >= 0.6 is 39.1 Å². The molecule has 5 heteroatoms. The summed E-state index contributed by atoms with van der Waals surface area (Å²) in [7, 11) is 1.80. The van der Waals surface area contributed by atoms with Crippen molar-refractivity contribution in [3.05, 3.63) is 67.9 Å². The number of hydrogen-bond donors (Lipinski definition) is 1. The molecule has 0 bridgehead atoms. The van der Waals surface area contributed by atoms with E-state index in [1.54, 1.807) is 25.2 Å². The monoisotopic (exact) mass is 361 g/mol. The molecule has 1 N–H and O–H groups in total. The van der Waals surface area contributed by atoms with Gasteiger partial charge in [-0.05, 0) is 52.3 Å². The smallest absolute Gasteiger partial charge is 0.137 e. The molecule has 0 saturated carbocycles. The Kier molecular flexibility index (Phi) is 4.85. The number of hydrogen-bond acceptors (Lipinski definition) is 1. The van der Waals surface area contributed by atoms with E-state index in [0.29, 0.717) is 14.5 Å². The lowest BCUT2D eigenvalue weighted by atomic mass is 9.98. The lowest BCUT2D eigenvalue weighted by Crippen LogP contribution is -2.18. The van der Waals surface area contributed by atoms with Gasteiger partial charge >= 0.3 is 0 Å². The summed E-state index contributed by atoms with van der Waals surface area (Å²) in [5.74, 6) is -0.303. The maximum Gasteiger partial charge on any atom is 0.137 e. The van der Waals surface area contributed by atoms with Crippen LogP contribution in [-0.2, 0) is 0 Å². The van der Waals surface area contributed by atoms with Crippen LogP contribution in [0, 0.1) is 5.82 Å². The van der Waals surface area contributed by atoms with Crippen molar-refractivity contribution in [3.8, 4) is 0 Å². The largest absolute Gasteiger partial charge is 0.309 e. The van der Waals surface area contributed by atoms with Gasteiger partial charge in [-0.2, -0.15) is 0 Å². The van der Waals surface area contributed by atoms with Crippen molar-refractivity contribution in [2.24, 2.45) is 0 Å². The van der Waals surface area contributed by atoms with E-state index < -0.39 is 0 Å². The first kappa shape index (κ1) is 14.8. The van der Waals surface area contributed by atoms with Crippen LogP contribution in [0.2, 0.25) is 10.0 Å². The number of nitrogens with one attached hydrogen (secondary N) is 1. The van der Waals surface area contributed by atoms with Crippen molar-refractivity contribution < 1.29 is 4.39 Å². The molecular weight excluding hydrogens is 352 g/mol. The van der Waals surface area contributed by atoms with Crippen LogP contribution in [0.5, 0.6) is 0 Å². The minimum atomic E-state index is -0.303. The van der Waals surface area contributed by atoms with Gasteiger partial charge in [0.1, 0.15) is 5.82 Å². The van der Waals surface area contributed by atoms with Gasteiger partial charge < -0.3 is 5.32 Å². The van der Waals surface area contributed by atoms with E-state index in [4.69, 9.17) is 23.2 Å². The molecule has 100 valence electrons. The van der Waals surface area contributed by atoms with Crippen LogP contribution in [-0.4, -0.2) is 7.05 Å². The number of halogens is 4. The zero-order valence-electron chi connectivity index (χ0n) is 10.1. The van der Waals surface area contributed by atoms with E-state index in [-0.39, 0.29) is 11.9 Å². The van der Waals surface area contributed by atoms with Crippen molar-refractivity contribution in [2.45, 2.75) is 6.04 Å². The van der Waals surface area contributed by atoms with E-state index in [1.165, 1.54) is 6.07 Å².